The van der Waals surface area contributed by atoms with Gasteiger partial charge < -0.3 is 14.7 Å². The maximum Gasteiger partial charge on any atom is 0.416 e. The van der Waals surface area contributed by atoms with Crippen molar-refractivity contribution in [3.8, 4) is 0 Å². The van der Waals surface area contributed by atoms with Gasteiger partial charge in [0, 0.05) is 54.3 Å². The Bertz CT molecular complexity index is 1190. The van der Waals surface area contributed by atoms with Crippen molar-refractivity contribution in [1.29, 1.82) is 0 Å². The fourth-order valence-corrected chi connectivity index (χ4v) is 4.38. The number of halogens is 4. The molecule has 0 radical (unpaired) electrons. The monoisotopic (exact) mass is 471 g/mol. The molecule has 1 saturated heterocycles. The van der Waals surface area contributed by atoms with Crippen LogP contribution in [0.3, 0.4) is 0 Å². The second-order valence-corrected chi connectivity index (χ2v) is 8.44. The molecule has 9 heteroatoms. The average Bonchev–Trinajstić information content (AvgIpc) is 2.83. The number of aliphatic imine (C=N–C) groups is 1. The maximum atomic E-state index is 13.4. The first-order valence-electron chi connectivity index (χ1n) is 10.6. The van der Waals surface area contributed by atoms with E-state index in [9.17, 15) is 13.2 Å². The number of anilines is 2. The van der Waals surface area contributed by atoms with Crippen LogP contribution >= 0.6 is 11.6 Å². The molecule has 2 aliphatic rings. The topological polar surface area (TPSA) is 35.0 Å². The van der Waals surface area contributed by atoms with Gasteiger partial charge in [0.25, 0.3) is 0 Å². The molecule has 0 saturated carbocycles. The zero-order chi connectivity index (χ0) is 23.0. The van der Waals surface area contributed by atoms with Gasteiger partial charge in [0.15, 0.2) is 0 Å². The molecule has 3 heterocycles. The number of benzene rings is 2. The van der Waals surface area contributed by atoms with Gasteiger partial charge in [0.2, 0.25) is 5.96 Å². The summed E-state index contributed by atoms with van der Waals surface area (Å²) < 4.78 is 40.1. The summed E-state index contributed by atoms with van der Waals surface area (Å²) in [7, 11) is 0. The van der Waals surface area contributed by atoms with Crippen LogP contribution in [-0.4, -0.2) is 42.0 Å². The third-order valence-electron chi connectivity index (χ3n) is 5.90. The van der Waals surface area contributed by atoms with Crippen LogP contribution < -0.4 is 9.80 Å². The molecule has 0 atom stereocenters. The van der Waals surface area contributed by atoms with Crippen molar-refractivity contribution in [3.05, 3.63) is 83.1 Å². The van der Waals surface area contributed by atoms with Crippen LogP contribution in [0.25, 0.3) is 0 Å². The van der Waals surface area contributed by atoms with Crippen LogP contribution in [0.5, 0.6) is 0 Å². The number of fused-ring (bicyclic) bond motifs is 1. The summed E-state index contributed by atoms with van der Waals surface area (Å²) in [6.45, 7) is 3.27. The summed E-state index contributed by atoms with van der Waals surface area (Å²) in [4.78, 5) is 15.2. The molecule has 33 heavy (non-hydrogen) atoms. The third-order valence-corrected chi connectivity index (χ3v) is 6.13. The molecule has 0 unspecified atom stereocenters. The lowest BCUT2D eigenvalue weighted by atomic mass is 10.1. The number of hydrogen-bond donors (Lipinski definition) is 0. The molecule has 0 bridgehead atoms. The number of aromatic nitrogens is 1. The van der Waals surface area contributed by atoms with E-state index in [4.69, 9.17) is 16.6 Å². The first-order chi connectivity index (χ1) is 15.9. The average molecular weight is 472 g/mol. The Kier molecular flexibility index (Phi) is 5.62. The van der Waals surface area contributed by atoms with Gasteiger partial charge in [-0.25, -0.2) is 4.99 Å². The number of hydrogen-bond acceptors (Lipinski definition) is 5. The Morgan fingerprint density at radius 1 is 0.848 bits per heavy atom. The molecule has 0 aliphatic carbocycles. The minimum atomic E-state index is -4.41. The number of alkyl halides is 3. The highest BCUT2D eigenvalue weighted by atomic mass is 35.5. The highest BCUT2D eigenvalue weighted by Crippen LogP contribution is 2.35. The largest absolute Gasteiger partial charge is 0.416 e. The molecule has 0 spiro atoms. The minimum Gasteiger partial charge on any atom is -0.368 e. The summed E-state index contributed by atoms with van der Waals surface area (Å²) in [5.74, 6) is 0.639. The molecule has 2 aromatic carbocycles. The lowest BCUT2D eigenvalue weighted by Gasteiger charge is -2.42. The lowest BCUT2D eigenvalue weighted by molar-refractivity contribution is -0.137. The fraction of sp³-hybridized carbons (Fsp3) is 0.250. The Morgan fingerprint density at radius 2 is 1.58 bits per heavy atom. The molecule has 2 aliphatic heterocycles. The van der Waals surface area contributed by atoms with Crippen molar-refractivity contribution in [3.63, 3.8) is 0 Å². The van der Waals surface area contributed by atoms with Gasteiger partial charge in [-0.05, 0) is 42.5 Å². The Balaban J connectivity index is 1.44. The van der Waals surface area contributed by atoms with Crippen LogP contribution in [0.1, 0.15) is 11.1 Å². The number of piperazine rings is 1. The van der Waals surface area contributed by atoms with Gasteiger partial charge in [-0.15, -0.1) is 0 Å². The summed E-state index contributed by atoms with van der Waals surface area (Å²) in [6, 6.07) is 15.0. The van der Waals surface area contributed by atoms with E-state index >= 15 is 0 Å². The predicted molar refractivity (Wildman–Crippen MR) is 124 cm³/mol. The highest BCUT2D eigenvalue weighted by molar-refractivity contribution is 6.30. The van der Waals surface area contributed by atoms with Crippen molar-refractivity contribution in [2.75, 3.05) is 36.0 Å². The lowest BCUT2D eigenvalue weighted by Crippen LogP contribution is -2.54. The van der Waals surface area contributed by atoms with Crippen LogP contribution in [0.2, 0.25) is 5.02 Å². The summed E-state index contributed by atoms with van der Waals surface area (Å²) in [5.41, 5.74) is 2.50. The normalized spacial score (nSPS) is 16.5. The van der Waals surface area contributed by atoms with Crippen molar-refractivity contribution in [2.45, 2.75) is 12.7 Å². The van der Waals surface area contributed by atoms with E-state index in [1.165, 1.54) is 12.1 Å². The van der Waals surface area contributed by atoms with E-state index in [2.05, 4.69) is 14.8 Å². The van der Waals surface area contributed by atoms with E-state index in [0.717, 1.165) is 36.1 Å². The molecule has 3 aromatic rings. The van der Waals surface area contributed by atoms with E-state index in [1.54, 1.807) is 18.5 Å². The molecular formula is C24H21ClF3N5. The van der Waals surface area contributed by atoms with Crippen molar-refractivity contribution < 1.29 is 13.2 Å². The van der Waals surface area contributed by atoms with Crippen LogP contribution in [-0.2, 0) is 12.7 Å². The smallest absolute Gasteiger partial charge is 0.368 e. The Labute approximate surface area is 194 Å². The zero-order valence-corrected chi connectivity index (χ0v) is 18.4. The molecule has 1 aromatic heterocycles. The number of pyridine rings is 1. The second-order valence-electron chi connectivity index (χ2n) is 8.00. The van der Waals surface area contributed by atoms with E-state index in [0.29, 0.717) is 36.3 Å². The van der Waals surface area contributed by atoms with Gasteiger partial charge in [-0.3, -0.25) is 4.98 Å². The third kappa shape index (κ3) is 4.48. The first-order valence-corrected chi connectivity index (χ1v) is 11.0. The highest BCUT2D eigenvalue weighted by Gasteiger charge is 2.33. The summed E-state index contributed by atoms with van der Waals surface area (Å²) in [6.07, 6.45) is -1.04. The molecule has 0 amide bonds. The van der Waals surface area contributed by atoms with E-state index < -0.39 is 11.7 Å². The van der Waals surface area contributed by atoms with Crippen LogP contribution in [0.4, 0.5) is 30.2 Å². The number of nitrogens with zero attached hydrogens (tertiary/aromatic N) is 5. The molecule has 170 valence electrons. The molecular weight excluding hydrogens is 451 g/mol. The molecule has 0 N–H and O–H groups in total. The Morgan fingerprint density at radius 3 is 2.33 bits per heavy atom. The van der Waals surface area contributed by atoms with Gasteiger partial charge in [-0.2, -0.15) is 13.2 Å². The summed E-state index contributed by atoms with van der Waals surface area (Å²) >= 11 is 6.15. The number of guanidine groups is 1. The molecule has 5 nitrogen and oxygen atoms in total. The minimum absolute atomic E-state index is 0.423. The first kappa shape index (κ1) is 21.6. The fourth-order valence-electron chi connectivity index (χ4n) is 4.19. The van der Waals surface area contributed by atoms with Gasteiger partial charge >= 0.3 is 6.18 Å². The van der Waals surface area contributed by atoms with Crippen molar-refractivity contribution in [2.24, 2.45) is 4.99 Å². The van der Waals surface area contributed by atoms with Crippen molar-refractivity contribution in [1.82, 2.24) is 9.88 Å². The van der Waals surface area contributed by atoms with E-state index in [-0.39, 0.29) is 0 Å². The summed E-state index contributed by atoms with van der Waals surface area (Å²) in [5, 5.41) is 0.686. The maximum absolute atomic E-state index is 13.4. The van der Waals surface area contributed by atoms with Gasteiger partial charge in [0.1, 0.15) is 0 Å². The molecule has 1 fully saturated rings. The van der Waals surface area contributed by atoms with E-state index in [1.807, 2.05) is 35.2 Å². The van der Waals surface area contributed by atoms with Crippen LogP contribution in [0.15, 0.2) is 72.0 Å². The van der Waals surface area contributed by atoms with Gasteiger partial charge in [0.05, 0.1) is 24.0 Å². The zero-order valence-electron chi connectivity index (χ0n) is 17.6. The van der Waals surface area contributed by atoms with Gasteiger partial charge in [-0.1, -0.05) is 23.7 Å². The van der Waals surface area contributed by atoms with Crippen molar-refractivity contribution >= 4 is 34.6 Å². The standard InChI is InChI=1S/C24H21ClF3N5/c25-19-4-2-5-20(14-19)31-9-11-32(12-10-31)23-30-22-15-29-8-7-17(22)16-33(23)21-6-1-3-18(13-21)24(26,27)28/h1-8,13-15H,9-12,16H2. The van der Waals surface area contributed by atoms with Crippen LogP contribution in [0, 0.1) is 0 Å². The quantitative estimate of drug-likeness (QED) is 0.488. The molecule has 5 rings (SSSR count). The predicted octanol–water partition coefficient (Wildman–Crippen LogP) is 5.58. The Hall–Kier alpha value is -3.26. The SMILES string of the molecule is FC(F)(F)c1cccc(N2Cc3ccncc3N=C2N2CCN(c3cccc(Cl)c3)CC2)c1. The number of rotatable bonds is 2. The second kappa shape index (κ2) is 8.59.